The molecule has 0 N–H and O–H groups in total. The molecule has 0 saturated heterocycles. The molecule has 1 aromatic carbocycles. The molecule has 124 valence electrons. The normalized spacial score (nSPS) is 22.4. The predicted octanol–water partition coefficient (Wildman–Crippen LogP) is 3.43. The molecule has 1 saturated carbocycles. The molecule has 0 spiro atoms. The number of benzene rings is 1. The molecule has 0 bridgehead atoms. The molecule has 0 aliphatic heterocycles. The first kappa shape index (κ1) is 17.3. The number of allylic oxidation sites excluding steroid dienone is 1. The molecule has 4 nitrogen and oxygen atoms in total. The average molecular weight is 316 g/mol. The number of hydrogen-bond donors (Lipinski definition) is 0. The van der Waals surface area contributed by atoms with Gasteiger partial charge in [-0.15, -0.1) is 0 Å². The van der Waals surface area contributed by atoms with Gasteiger partial charge in [0.15, 0.2) is 0 Å². The third kappa shape index (κ3) is 3.81. The first-order chi connectivity index (χ1) is 10.8. The molecule has 0 unspecified atom stereocenters. The number of carbonyl (C=O) groups excluding carboxylic acids is 2. The fourth-order valence-corrected chi connectivity index (χ4v) is 2.98. The number of aryl methyl sites for hydroxylation is 1. The molecule has 2 atom stereocenters. The Morgan fingerprint density at radius 2 is 2.00 bits per heavy atom. The minimum absolute atomic E-state index is 0.00612. The van der Waals surface area contributed by atoms with E-state index < -0.39 is 0 Å². The van der Waals surface area contributed by atoms with Crippen molar-refractivity contribution in [3.63, 3.8) is 0 Å². The summed E-state index contributed by atoms with van der Waals surface area (Å²) in [6.07, 6.45) is 1.82. The molecule has 1 aliphatic rings. The van der Waals surface area contributed by atoms with Crippen LogP contribution in [0.15, 0.2) is 35.9 Å². The molecule has 1 fully saturated rings. The molecule has 1 aliphatic carbocycles. The highest BCUT2D eigenvalue weighted by atomic mass is 16.5. The summed E-state index contributed by atoms with van der Waals surface area (Å²) in [5, 5.41) is 0. The predicted molar refractivity (Wildman–Crippen MR) is 87.5 cm³/mol. The largest absolute Gasteiger partial charge is 0.466 e. The highest BCUT2D eigenvalue weighted by molar-refractivity contribution is 5.88. The van der Waals surface area contributed by atoms with Crippen LogP contribution in [0.5, 0.6) is 0 Å². The summed E-state index contributed by atoms with van der Waals surface area (Å²) in [5.41, 5.74) is 2.45. The van der Waals surface area contributed by atoms with Gasteiger partial charge in [0.1, 0.15) is 6.61 Å². The Hall–Kier alpha value is -2.10. The van der Waals surface area contributed by atoms with Crippen LogP contribution in [0, 0.1) is 24.2 Å². The van der Waals surface area contributed by atoms with Gasteiger partial charge in [0.05, 0.1) is 13.0 Å². The van der Waals surface area contributed by atoms with Crippen molar-refractivity contribution in [2.75, 3.05) is 7.11 Å². The van der Waals surface area contributed by atoms with Gasteiger partial charge >= 0.3 is 11.9 Å². The van der Waals surface area contributed by atoms with E-state index in [1.807, 2.05) is 51.1 Å². The van der Waals surface area contributed by atoms with Crippen molar-refractivity contribution >= 4 is 11.9 Å². The van der Waals surface area contributed by atoms with E-state index in [1.165, 1.54) is 7.11 Å². The van der Waals surface area contributed by atoms with Crippen LogP contribution in [0.3, 0.4) is 0 Å². The molecule has 0 radical (unpaired) electrons. The van der Waals surface area contributed by atoms with Gasteiger partial charge in [-0.05, 0) is 30.7 Å². The number of carbonyl (C=O) groups is 2. The fourth-order valence-electron chi connectivity index (χ4n) is 2.98. The lowest BCUT2D eigenvalue weighted by Crippen LogP contribution is -2.10. The van der Waals surface area contributed by atoms with E-state index in [1.54, 1.807) is 6.92 Å². The summed E-state index contributed by atoms with van der Waals surface area (Å²) in [7, 11) is 1.35. The van der Waals surface area contributed by atoms with Gasteiger partial charge in [-0.1, -0.05) is 49.8 Å². The van der Waals surface area contributed by atoms with Gasteiger partial charge in [-0.25, -0.2) is 4.79 Å². The van der Waals surface area contributed by atoms with E-state index in [9.17, 15) is 9.59 Å². The third-order valence-corrected chi connectivity index (χ3v) is 4.57. The summed E-state index contributed by atoms with van der Waals surface area (Å²) in [6, 6.07) is 7.90. The van der Waals surface area contributed by atoms with Crippen LogP contribution in [0.25, 0.3) is 0 Å². The van der Waals surface area contributed by atoms with Crippen LogP contribution in [-0.2, 0) is 25.7 Å². The topological polar surface area (TPSA) is 52.6 Å². The van der Waals surface area contributed by atoms with E-state index in [0.29, 0.717) is 5.57 Å². The van der Waals surface area contributed by atoms with Gasteiger partial charge in [-0.3, -0.25) is 4.79 Å². The smallest absolute Gasteiger partial charge is 0.333 e. The first-order valence-electron chi connectivity index (χ1n) is 7.76. The summed E-state index contributed by atoms with van der Waals surface area (Å²) in [4.78, 5) is 23.8. The second-order valence-electron chi connectivity index (χ2n) is 6.76. The average Bonchev–Trinajstić information content (AvgIpc) is 3.04. The van der Waals surface area contributed by atoms with E-state index in [2.05, 4.69) is 0 Å². The van der Waals surface area contributed by atoms with Crippen LogP contribution in [-0.4, -0.2) is 19.0 Å². The number of esters is 2. The molecule has 1 aromatic rings. The lowest BCUT2D eigenvalue weighted by atomic mass is 10.1. The summed E-state index contributed by atoms with van der Waals surface area (Å²) < 4.78 is 10.2. The monoisotopic (exact) mass is 316 g/mol. The zero-order valence-electron chi connectivity index (χ0n) is 14.4. The number of rotatable bonds is 5. The maximum atomic E-state index is 12.3. The summed E-state index contributed by atoms with van der Waals surface area (Å²) in [5.74, 6) is -0.784. The zero-order chi connectivity index (χ0) is 17.2. The van der Waals surface area contributed by atoms with Crippen LogP contribution in [0.2, 0.25) is 0 Å². The summed E-state index contributed by atoms with van der Waals surface area (Å²) in [6.45, 7) is 8.01. The Labute approximate surface area is 137 Å². The Kier molecular flexibility index (Phi) is 4.93. The molecule has 2 rings (SSSR count). The molecule has 4 heteroatoms. The highest BCUT2D eigenvalue weighted by Gasteiger charge is 2.61. The number of methoxy groups -OCH3 is 1. The number of ether oxygens (including phenoxy) is 2. The Balaban J connectivity index is 1.98. The van der Waals surface area contributed by atoms with Crippen LogP contribution in [0.4, 0.5) is 0 Å². The Morgan fingerprint density at radius 1 is 1.30 bits per heavy atom. The fraction of sp³-hybridized carbons (Fsp3) is 0.474. The maximum Gasteiger partial charge on any atom is 0.333 e. The van der Waals surface area contributed by atoms with E-state index >= 15 is 0 Å². The van der Waals surface area contributed by atoms with Gasteiger partial charge in [0.2, 0.25) is 0 Å². The minimum Gasteiger partial charge on any atom is -0.466 e. The van der Waals surface area contributed by atoms with Gasteiger partial charge in [0, 0.05) is 5.57 Å². The highest BCUT2D eigenvalue weighted by Crippen LogP contribution is 2.59. The van der Waals surface area contributed by atoms with Gasteiger partial charge < -0.3 is 9.47 Å². The lowest BCUT2D eigenvalue weighted by molar-refractivity contribution is -0.147. The summed E-state index contributed by atoms with van der Waals surface area (Å²) >= 11 is 0. The number of hydrogen-bond acceptors (Lipinski definition) is 4. The van der Waals surface area contributed by atoms with Crippen LogP contribution < -0.4 is 0 Å². The van der Waals surface area contributed by atoms with Gasteiger partial charge in [-0.2, -0.15) is 0 Å². The Morgan fingerprint density at radius 3 is 2.61 bits per heavy atom. The zero-order valence-corrected chi connectivity index (χ0v) is 14.4. The van der Waals surface area contributed by atoms with E-state index in [0.717, 1.165) is 11.1 Å². The van der Waals surface area contributed by atoms with Crippen LogP contribution in [0.1, 0.15) is 31.9 Å². The first-order valence-corrected chi connectivity index (χ1v) is 7.76. The molecular weight excluding hydrogens is 292 g/mol. The van der Waals surface area contributed by atoms with Crippen molar-refractivity contribution in [2.45, 2.75) is 34.3 Å². The maximum absolute atomic E-state index is 12.3. The molecular formula is C19H24O4. The molecule has 0 heterocycles. The molecule has 23 heavy (non-hydrogen) atoms. The van der Waals surface area contributed by atoms with Crippen molar-refractivity contribution in [1.29, 1.82) is 0 Å². The van der Waals surface area contributed by atoms with E-state index in [4.69, 9.17) is 9.47 Å². The quantitative estimate of drug-likeness (QED) is 0.617. The molecule has 0 amide bonds. The van der Waals surface area contributed by atoms with Crippen molar-refractivity contribution < 1.29 is 19.1 Å². The van der Waals surface area contributed by atoms with Crippen molar-refractivity contribution in [2.24, 2.45) is 17.3 Å². The lowest BCUT2D eigenvalue weighted by Gasteiger charge is -2.06. The Bertz CT molecular complexity index is 643. The minimum atomic E-state index is -0.362. The SMILES string of the molecule is COC(=O)C(C)=C[C@H]1[C@@H](C(=O)OCc2cccc(C)c2)C1(C)C. The van der Waals surface area contributed by atoms with Crippen molar-refractivity contribution in [3.8, 4) is 0 Å². The van der Waals surface area contributed by atoms with Crippen LogP contribution >= 0.6 is 0 Å². The molecule has 0 aromatic heterocycles. The second kappa shape index (κ2) is 6.57. The standard InChI is InChI=1S/C19H24O4/c1-12-7-6-8-14(9-12)11-23-18(21)16-15(19(16,3)4)10-13(2)17(20)22-5/h6-10,15-16H,11H2,1-5H3/t15-,16-/m0/s1. The second-order valence-corrected chi connectivity index (χ2v) is 6.76. The van der Waals surface area contributed by atoms with Crippen molar-refractivity contribution in [3.05, 3.63) is 47.0 Å². The van der Waals surface area contributed by atoms with E-state index in [-0.39, 0.29) is 35.8 Å². The van der Waals surface area contributed by atoms with Gasteiger partial charge in [0.25, 0.3) is 0 Å². The third-order valence-electron chi connectivity index (χ3n) is 4.57. The van der Waals surface area contributed by atoms with Crippen molar-refractivity contribution in [1.82, 2.24) is 0 Å².